The minimum absolute atomic E-state index is 0.256. The summed E-state index contributed by atoms with van der Waals surface area (Å²) in [6.45, 7) is 4.42. The lowest BCUT2D eigenvalue weighted by Crippen LogP contribution is -1.92. The SMILES string of the molecule is CCCCCCC=CCCCC(=O)O.CCCCCCCC=CCCC(=O)O. The normalized spacial score (nSPS) is 10.9. The molecule has 0 heterocycles. The van der Waals surface area contributed by atoms with Crippen LogP contribution in [0.15, 0.2) is 24.3 Å². The molecule has 2 N–H and O–H groups in total. The summed E-state index contributed by atoms with van der Waals surface area (Å²) in [6.07, 6.45) is 25.2. The average Bonchev–Trinajstić information content (AvgIpc) is 2.65. The number of allylic oxidation sites excluding steroid dienone is 4. The molecule has 0 aromatic carbocycles. The van der Waals surface area contributed by atoms with Crippen molar-refractivity contribution in [1.29, 1.82) is 0 Å². The van der Waals surface area contributed by atoms with Gasteiger partial charge in [-0.3, -0.25) is 9.59 Å². The molecular formula is C24H44O4. The van der Waals surface area contributed by atoms with Crippen molar-refractivity contribution in [2.24, 2.45) is 0 Å². The number of hydrogen-bond donors (Lipinski definition) is 2. The van der Waals surface area contributed by atoms with Crippen molar-refractivity contribution in [3.8, 4) is 0 Å². The maximum atomic E-state index is 10.2. The highest BCUT2D eigenvalue weighted by atomic mass is 16.4. The van der Waals surface area contributed by atoms with Crippen LogP contribution in [0.2, 0.25) is 0 Å². The Balaban J connectivity index is 0. The first-order valence-corrected chi connectivity index (χ1v) is 11.3. The van der Waals surface area contributed by atoms with Crippen molar-refractivity contribution < 1.29 is 19.8 Å². The molecule has 28 heavy (non-hydrogen) atoms. The molecule has 0 aromatic rings. The van der Waals surface area contributed by atoms with Crippen molar-refractivity contribution in [3.05, 3.63) is 24.3 Å². The molecular weight excluding hydrogens is 352 g/mol. The number of rotatable bonds is 18. The highest BCUT2D eigenvalue weighted by molar-refractivity contribution is 5.67. The Kier molecular flexibility index (Phi) is 26.0. The molecule has 0 spiro atoms. The smallest absolute Gasteiger partial charge is 0.303 e. The first-order valence-electron chi connectivity index (χ1n) is 11.3. The topological polar surface area (TPSA) is 74.6 Å². The van der Waals surface area contributed by atoms with Crippen LogP contribution in [0.25, 0.3) is 0 Å². The van der Waals surface area contributed by atoms with Gasteiger partial charge in [0.2, 0.25) is 0 Å². The van der Waals surface area contributed by atoms with Crippen molar-refractivity contribution in [3.63, 3.8) is 0 Å². The molecule has 0 saturated heterocycles. The summed E-state index contributed by atoms with van der Waals surface area (Å²) in [5, 5.41) is 16.8. The van der Waals surface area contributed by atoms with Crippen LogP contribution in [0.3, 0.4) is 0 Å². The van der Waals surface area contributed by atoms with E-state index in [0.717, 1.165) is 25.7 Å². The number of carboxylic acid groups (broad SMARTS) is 2. The van der Waals surface area contributed by atoms with Crippen LogP contribution in [-0.2, 0) is 9.59 Å². The molecule has 0 rings (SSSR count). The molecule has 0 unspecified atom stereocenters. The standard InChI is InChI=1S/2C12H22O2/c2*1-2-3-4-5-6-7-8-9-10-11-12(13)14/h8-9H,2-7,10-11H2,1H3,(H,13,14);7-8H,2-6,9-11H2,1H3,(H,13,14). The van der Waals surface area contributed by atoms with Crippen LogP contribution in [0, 0.1) is 0 Å². The monoisotopic (exact) mass is 396 g/mol. The number of carbonyl (C=O) groups is 2. The molecule has 164 valence electrons. The fourth-order valence-corrected chi connectivity index (χ4v) is 2.60. The van der Waals surface area contributed by atoms with Crippen LogP contribution < -0.4 is 0 Å². The molecule has 0 amide bonds. The lowest BCUT2D eigenvalue weighted by Gasteiger charge is -1.95. The quantitative estimate of drug-likeness (QED) is 0.185. The molecule has 0 aliphatic rings. The number of hydrogen-bond acceptors (Lipinski definition) is 2. The van der Waals surface area contributed by atoms with E-state index in [0.29, 0.717) is 12.8 Å². The van der Waals surface area contributed by atoms with E-state index in [1.807, 2.05) is 6.08 Å². The highest BCUT2D eigenvalue weighted by Crippen LogP contribution is 2.06. The van der Waals surface area contributed by atoms with E-state index in [-0.39, 0.29) is 6.42 Å². The third-order valence-corrected chi connectivity index (χ3v) is 4.32. The molecule has 0 radical (unpaired) electrons. The van der Waals surface area contributed by atoms with Crippen molar-refractivity contribution in [2.75, 3.05) is 0 Å². The molecule has 0 aliphatic carbocycles. The van der Waals surface area contributed by atoms with Gasteiger partial charge in [0.05, 0.1) is 0 Å². The van der Waals surface area contributed by atoms with E-state index >= 15 is 0 Å². The molecule has 0 bridgehead atoms. The minimum atomic E-state index is -0.711. The Bertz CT molecular complexity index is 399. The second-order valence-electron chi connectivity index (χ2n) is 7.21. The van der Waals surface area contributed by atoms with E-state index in [1.165, 1.54) is 57.8 Å². The van der Waals surface area contributed by atoms with E-state index < -0.39 is 11.9 Å². The minimum Gasteiger partial charge on any atom is -0.481 e. The Morgan fingerprint density at radius 3 is 1.39 bits per heavy atom. The molecule has 4 heteroatoms. The largest absolute Gasteiger partial charge is 0.481 e. The van der Waals surface area contributed by atoms with Crippen LogP contribution in [0.1, 0.15) is 117 Å². The van der Waals surface area contributed by atoms with Gasteiger partial charge in [0.1, 0.15) is 0 Å². The molecule has 0 fully saturated rings. The van der Waals surface area contributed by atoms with Gasteiger partial charge in [-0.15, -0.1) is 0 Å². The maximum Gasteiger partial charge on any atom is 0.303 e. The summed E-state index contributed by atoms with van der Waals surface area (Å²) in [7, 11) is 0. The first kappa shape index (κ1) is 28.6. The van der Waals surface area contributed by atoms with Gasteiger partial charge in [0, 0.05) is 12.8 Å². The van der Waals surface area contributed by atoms with Crippen LogP contribution in [0.5, 0.6) is 0 Å². The van der Waals surface area contributed by atoms with Gasteiger partial charge in [-0.05, 0) is 44.9 Å². The van der Waals surface area contributed by atoms with Crippen LogP contribution >= 0.6 is 0 Å². The second-order valence-corrected chi connectivity index (χ2v) is 7.21. The fourth-order valence-electron chi connectivity index (χ4n) is 2.60. The summed E-state index contributed by atoms with van der Waals surface area (Å²) < 4.78 is 0. The summed E-state index contributed by atoms with van der Waals surface area (Å²) in [6, 6.07) is 0. The maximum absolute atomic E-state index is 10.2. The zero-order valence-corrected chi connectivity index (χ0v) is 18.3. The zero-order valence-electron chi connectivity index (χ0n) is 18.3. The molecule has 0 atom stereocenters. The average molecular weight is 397 g/mol. The highest BCUT2D eigenvalue weighted by Gasteiger charge is 1.93. The lowest BCUT2D eigenvalue weighted by molar-refractivity contribution is -0.138. The lowest BCUT2D eigenvalue weighted by atomic mass is 10.1. The van der Waals surface area contributed by atoms with E-state index in [9.17, 15) is 9.59 Å². The molecule has 0 aliphatic heterocycles. The predicted molar refractivity (Wildman–Crippen MR) is 119 cm³/mol. The van der Waals surface area contributed by atoms with E-state index in [2.05, 4.69) is 32.1 Å². The summed E-state index contributed by atoms with van der Waals surface area (Å²) >= 11 is 0. The van der Waals surface area contributed by atoms with Crippen LogP contribution in [-0.4, -0.2) is 22.2 Å². The first-order chi connectivity index (χ1) is 13.5. The second kappa shape index (κ2) is 25.4. The molecule has 0 aromatic heterocycles. The van der Waals surface area contributed by atoms with E-state index in [1.54, 1.807) is 0 Å². The zero-order chi connectivity index (χ0) is 21.3. The fraction of sp³-hybridized carbons (Fsp3) is 0.750. The van der Waals surface area contributed by atoms with Gasteiger partial charge < -0.3 is 10.2 Å². The van der Waals surface area contributed by atoms with Gasteiger partial charge in [0.15, 0.2) is 0 Å². The van der Waals surface area contributed by atoms with Gasteiger partial charge in [-0.2, -0.15) is 0 Å². The summed E-state index contributed by atoms with van der Waals surface area (Å²) in [5.74, 6) is -1.40. The van der Waals surface area contributed by atoms with Gasteiger partial charge in [-0.25, -0.2) is 0 Å². The Labute approximate surface area is 173 Å². The van der Waals surface area contributed by atoms with Crippen molar-refractivity contribution in [2.45, 2.75) is 117 Å². The third-order valence-electron chi connectivity index (χ3n) is 4.32. The van der Waals surface area contributed by atoms with Gasteiger partial charge in [-0.1, -0.05) is 83.1 Å². The van der Waals surface area contributed by atoms with Crippen molar-refractivity contribution >= 4 is 11.9 Å². The number of aliphatic carboxylic acids is 2. The van der Waals surface area contributed by atoms with Gasteiger partial charge in [0.25, 0.3) is 0 Å². The van der Waals surface area contributed by atoms with Crippen molar-refractivity contribution in [1.82, 2.24) is 0 Å². The van der Waals surface area contributed by atoms with Gasteiger partial charge >= 0.3 is 11.9 Å². The van der Waals surface area contributed by atoms with E-state index in [4.69, 9.17) is 10.2 Å². The third kappa shape index (κ3) is 32.1. The Hall–Kier alpha value is -1.58. The summed E-state index contributed by atoms with van der Waals surface area (Å²) in [5.41, 5.74) is 0. The Morgan fingerprint density at radius 2 is 0.929 bits per heavy atom. The summed E-state index contributed by atoms with van der Waals surface area (Å²) in [4.78, 5) is 20.4. The predicted octanol–water partition coefficient (Wildman–Crippen LogP) is 7.54. The molecule has 0 saturated carbocycles. The Morgan fingerprint density at radius 1 is 0.536 bits per heavy atom. The molecule has 4 nitrogen and oxygen atoms in total. The number of unbranched alkanes of at least 4 members (excludes halogenated alkanes) is 10. The number of carboxylic acids is 2. The van der Waals surface area contributed by atoms with Crippen LogP contribution in [0.4, 0.5) is 0 Å².